The number of alkyl carbamates (subject to hydrolysis) is 1. The zero-order valence-electron chi connectivity index (χ0n) is 26.5. The van der Waals surface area contributed by atoms with E-state index in [1.807, 2.05) is 32.1 Å². The van der Waals surface area contributed by atoms with Gasteiger partial charge in [0.25, 0.3) is 0 Å². The summed E-state index contributed by atoms with van der Waals surface area (Å²) in [4.78, 5) is 40.8. The number of hydrogen-bond acceptors (Lipinski definition) is 9. The molecule has 1 aromatic carbocycles. The van der Waals surface area contributed by atoms with Crippen molar-refractivity contribution in [3.8, 4) is 5.75 Å². The van der Waals surface area contributed by atoms with E-state index in [1.54, 1.807) is 47.1 Å². The molecule has 11 nitrogen and oxygen atoms in total. The average molecular weight is 680 g/mol. The van der Waals surface area contributed by atoms with E-state index in [2.05, 4.69) is 21.2 Å². The topological polar surface area (TPSA) is 136 Å². The highest BCUT2D eigenvalue weighted by Gasteiger charge is 2.64. The van der Waals surface area contributed by atoms with E-state index in [0.717, 1.165) is 11.1 Å². The second-order valence-electron chi connectivity index (χ2n) is 12.4. The van der Waals surface area contributed by atoms with Gasteiger partial charge in [-0.25, -0.2) is 4.79 Å². The Labute approximate surface area is 267 Å². The Balaban J connectivity index is 1.80. The zero-order chi connectivity index (χ0) is 32.6. The van der Waals surface area contributed by atoms with Gasteiger partial charge in [0.1, 0.15) is 29.7 Å². The van der Waals surface area contributed by atoms with Crippen LogP contribution >= 0.6 is 15.9 Å². The van der Waals surface area contributed by atoms with Crippen LogP contribution in [0.15, 0.2) is 40.4 Å². The van der Waals surface area contributed by atoms with Gasteiger partial charge in [0, 0.05) is 26.5 Å². The van der Waals surface area contributed by atoms with Crippen molar-refractivity contribution < 1.29 is 43.2 Å². The van der Waals surface area contributed by atoms with Gasteiger partial charge in [-0.05, 0) is 53.9 Å². The molecule has 12 heteroatoms. The van der Waals surface area contributed by atoms with Crippen molar-refractivity contribution in [1.29, 1.82) is 0 Å². The summed E-state index contributed by atoms with van der Waals surface area (Å²) in [6.45, 7) is 9.03. The third kappa shape index (κ3) is 6.98. The number of allylic oxidation sites excluding steroid dienone is 3. The molecule has 2 fully saturated rings. The van der Waals surface area contributed by atoms with Crippen molar-refractivity contribution >= 4 is 39.6 Å². The van der Waals surface area contributed by atoms with Crippen LogP contribution in [0.2, 0.25) is 0 Å². The van der Waals surface area contributed by atoms with Crippen LogP contribution in [0.5, 0.6) is 5.75 Å². The monoisotopic (exact) mass is 678 g/mol. The van der Waals surface area contributed by atoms with Crippen LogP contribution in [-0.2, 0) is 35.0 Å². The number of methoxy groups -OCH3 is 2. The lowest BCUT2D eigenvalue weighted by molar-refractivity contribution is -0.157. The Hall–Kier alpha value is -2.93. The van der Waals surface area contributed by atoms with Gasteiger partial charge < -0.3 is 33.7 Å². The van der Waals surface area contributed by atoms with Crippen molar-refractivity contribution in [3.05, 3.63) is 46.0 Å². The summed E-state index contributed by atoms with van der Waals surface area (Å²) in [5, 5.41) is 14.1. The van der Waals surface area contributed by atoms with Crippen LogP contribution in [0.4, 0.5) is 10.5 Å². The van der Waals surface area contributed by atoms with Crippen LogP contribution in [0.1, 0.15) is 53.0 Å². The summed E-state index contributed by atoms with van der Waals surface area (Å²) in [6, 6.07) is 3.80. The van der Waals surface area contributed by atoms with Crippen molar-refractivity contribution in [2.45, 2.75) is 89.6 Å². The van der Waals surface area contributed by atoms with Gasteiger partial charge >= 0.3 is 12.1 Å². The number of anilines is 1. The minimum atomic E-state index is -1.76. The number of hydrogen-bond donors (Lipinski definition) is 2. The van der Waals surface area contributed by atoms with E-state index in [1.165, 1.54) is 12.0 Å². The molecule has 0 aliphatic carbocycles. The lowest BCUT2D eigenvalue weighted by Crippen LogP contribution is -2.63. The maximum absolute atomic E-state index is 13.8. The fraction of sp³-hybridized carbons (Fsp3) is 0.594. The molecule has 4 rings (SSSR count). The molecule has 1 unspecified atom stereocenters. The molecule has 2 saturated heterocycles. The molecule has 7 atom stereocenters. The molecule has 0 aromatic heterocycles. The van der Waals surface area contributed by atoms with E-state index in [4.69, 9.17) is 23.7 Å². The summed E-state index contributed by atoms with van der Waals surface area (Å²) in [6.07, 6.45) is 1.86. The summed E-state index contributed by atoms with van der Waals surface area (Å²) in [7, 11) is 4.68. The van der Waals surface area contributed by atoms with Gasteiger partial charge in [-0.15, -0.1) is 0 Å². The Bertz CT molecular complexity index is 1350. The first kappa shape index (κ1) is 34.0. The van der Waals surface area contributed by atoms with Crippen LogP contribution in [0.3, 0.4) is 0 Å². The van der Waals surface area contributed by atoms with Gasteiger partial charge in [-0.1, -0.05) is 44.6 Å². The molecular formula is C32H43BrN2O9. The minimum Gasteiger partial charge on any atom is -0.495 e. The maximum atomic E-state index is 13.8. The molecule has 0 radical (unpaired) electrons. The second-order valence-corrected chi connectivity index (χ2v) is 13.2. The number of epoxide rings is 1. The molecule has 2 N–H and O–H groups in total. The Morgan fingerprint density at radius 3 is 2.59 bits per heavy atom. The highest BCUT2D eigenvalue weighted by Crippen LogP contribution is 2.49. The molecule has 2 amide bonds. The van der Waals surface area contributed by atoms with E-state index >= 15 is 0 Å². The number of nitrogens with zero attached hydrogens (tertiary/aromatic N) is 1. The smallest absolute Gasteiger partial charge is 0.409 e. The number of nitrogens with one attached hydrogen (secondary N) is 1. The van der Waals surface area contributed by atoms with Crippen LogP contribution in [-0.4, -0.2) is 80.1 Å². The molecule has 3 aliphatic heterocycles. The quantitative estimate of drug-likeness (QED) is 0.350. The Morgan fingerprint density at radius 2 is 1.95 bits per heavy atom. The van der Waals surface area contributed by atoms with E-state index in [0.29, 0.717) is 22.3 Å². The summed E-state index contributed by atoms with van der Waals surface area (Å²) in [5.41, 5.74) is -0.322. The van der Waals surface area contributed by atoms with Gasteiger partial charge in [0.15, 0.2) is 5.72 Å². The third-order valence-electron chi connectivity index (χ3n) is 8.68. The van der Waals surface area contributed by atoms with Gasteiger partial charge in [-0.3, -0.25) is 14.9 Å². The van der Waals surface area contributed by atoms with E-state index < -0.39 is 59.6 Å². The highest BCUT2D eigenvalue weighted by atomic mass is 79.9. The van der Waals surface area contributed by atoms with E-state index in [-0.39, 0.29) is 18.7 Å². The average Bonchev–Trinajstić information content (AvgIpc) is 3.66. The predicted molar refractivity (Wildman–Crippen MR) is 166 cm³/mol. The molecule has 1 aromatic rings. The first-order chi connectivity index (χ1) is 20.6. The molecule has 242 valence electrons. The second kappa shape index (κ2) is 13.2. The van der Waals surface area contributed by atoms with Crippen molar-refractivity contribution in [2.24, 2.45) is 11.8 Å². The summed E-state index contributed by atoms with van der Waals surface area (Å²) in [5.74, 6) is -1.05. The lowest BCUT2D eigenvalue weighted by atomic mass is 9.83. The first-order valence-electron chi connectivity index (χ1n) is 14.7. The fourth-order valence-electron chi connectivity index (χ4n) is 5.88. The van der Waals surface area contributed by atoms with Crippen molar-refractivity contribution in [3.63, 3.8) is 0 Å². The number of fused-ring (bicyclic) bond motifs is 5. The van der Waals surface area contributed by atoms with Crippen LogP contribution in [0.25, 0.3) is 0 Å². The number of carbonyl (C=O) groups is 3. The Kier molecular flexibility index (Phi) is 10.2. The number of benzene rings is 1. The summed E-state index contributed by atoms with van der Waals surface area (Å²) >= 11 is 3.60. The number of halogens is 1. The number of esters is 1. The largest absolute Gasteiger partial charge is 0.495 e. The molecule has 3 aliphatic rings. The number of amides is 2. The molecule has 0 spiro atoms. The molecular weight excluding hydrogens is 636 g/mol. The maximum Gasteiger partial charge on any atom is 0.409 e. The van der Waals surface area contributed by atoms with Crippen molar-refractivity contribution in [2.75, 3.05) is 26.2 Å². The number of ether oxygens (including phenoxy) is 5. The predicted octanol–water partition coefficient (Wildman–Crippen LogP) is 4.43. The lowest BCUT2D eigenvalue weighted by Gasteiger charge is -2.42. The van der Waals surface area contributed by atoms with E-state index in [9.17, 15) is 19.5 Å². The van der Waals surface area contributed by atoms with Gasteiger partial charge in [0.2, 0.25) is 5.91 Å². The summed E-state index contributed by atoms with van der Waals surface area (Å²) < 4.78 is 29.5. The standard InChI is InChI=1S/C32H43BrN2O9/c1-17(2)29(37)43-25-15-26(36)35(6)21-13-20(14-22(40-7)27(21)33)12-18(3)10-9-11-24(41-8)32(39)16-23(42-30(38)34-32)19(4)28-31(25,5)44-28/h9-11,13-14,17,19,23-25,28,39H,12,15-16H2,1-8H3,(H,34,38)/b11-9-,18-10-/t19-,23+,24-,25?,28+,31+,32+/m1/s1. The van der Waals surface area contributed by atoms with Crippen LogP contribution in [0, 0.1) is 11.8 Å². The molecule has 3 heterocycles. The fourth-order valence-corrected chi connectivity index (χ4v) is 6.54. The van der Waals surface area contributed by atoms with Crippen molar-refractivity contribution in [1.82, 2.24) is 5.32 Å². The Morgan fingerprint density at radius 1 is 1.25 bits per heavy atom. The molecule has 44 heavy (non-hydrogen) atoms. The van der Waals surface area contributed by atoms with Gasteiger partial charge in [-0.2, -0.15) is 0 Å². The molecule has 4 bridgehead atoms. The first-order valence-corrected chi connectivity index (χ1v) is 15.5. The normalized spacial score (nSPS) is 34.7. The van der Waals surface area contributed by atoms with Gasteiger partial charge in [0.05, 0.1) is 35.7 Å². The van der Waals surface area contributed by atoms with Crippen LogP contribution < -0.4 is 15.0 Å². The number of aliphatic hydroxyl groups is 1. The number of rotatable bonds is 4. The third-order valence-corrected chi connectivity index (χ3v) is 9.48. The minimum absolute atomic E-state index is 0.0131. The SMILES string of the molecule is COc1cc2cc(c1Br)N(C)C(=O)CC(OC(=O)C(C)C)[C@]1(C)O[C@H]1[C@H](C)[C@@H]1C[C@@](O)(NC(=O)O1)[C@H](OC)/C=C\C=C(\C)C2. The number of carbonyl (C=O) groups excluding carboxylic acids is 3. The highest BCUT2D eigenvalue weighted by molar-refractivity contribution is 9.10. The molecule has 0 saturated carbocycles. The zero-order valence-corrected chi connectivity index (χ0v) is 28.1.